The minimum atomic E-state index is -1.79. The van der Waals surface area contributed by atoms with Crippen molar-refractivity contribution in [3.8, 4) is 23.0 Å². The van der Waals surface area contributed by atoms with E-state index in [1.807, 2.05) is 60.7 Å². The van der Waals surface area contributed by atoms with E-state index in [-0.39, 0.29) is 25.7 Å². The Hall–Kier alpha value is -6.62. The molecule has 0 spiro atoms. The fourth-order valence-corrected chi connectivity index (χ4v) is 8.50. The molecule has 320 valence electrons. The van der Waals surface area contributed by atoms with Gasteiger partial charge in [-0.05, 0) is 108 Å². The van der Waals surface area contributed by atoms with Crippen LogP contribution in [0.15, 0.2) is 158 Å². The van der Waals surface area contributed by atoms with Gasteiger partial charge in [0.05, 0.1) is 40.5 Å². The summed E-state index contributed by atoms with van der Waals surface area (Å²) in [4.78, 5) is 30.3. The monoisotopic (exact) mass is 834 g/mol. The maximum atomic E-state index is 15.2. The number of ether oxygens (including phenoxy) is 4. The topological polar surface area (TPSA) is 136 Å². The lowest BCUT2D eigenvalue weighted by Gasteiger charge is -2.45. The molecular weight excluding hydrogens is 781 g/mol. The quantitative estimate of drug-likeness (QED) is 0.0654. The first kappa shape index (κ1) is 43.5. The van der Waals surface area contributed by atoms with E-state index in [0.717, 1.165) is 11.1 Å². The Balaban J connectivity index is 1.30. The van der Waals surface area contributed by atoms with Crippen molar-refractivity contribution in [3.63, 3.8) is 0 Å². The molecule has 0 aromatic heterocycles. The van der Waals surface area contributed by atoms with Crippen molar-refractivity contribution >= 4 is 11.8 Å². The summed E-state index contributed by atoms with van der Waals surface area (Å²) >= 11 is 0. The molecule has 62 heavy (non-hydrogen) atoms. The predicted molar refractivity (Wildman–Crippen MR) is 238 cm³/mol. The third-order valence-corrected chi connectivity index (χ3v) is 12.4. The van der Waals surface area contributed by atoms with Gasteiger partial charge >= 0.3 is 0 Å². The number of methoxy groups -OCH3 is 4. The first-order chi connectivity index (χ1) is 30.1. The first-order valence-corrected chi connectivity index (χ1v) is 20.8. The van der Waals surface area contributed by atoms with Crippen molar-refractivity contribution in [2.24, 2.45) is 5.41 Å². The number of amides is 2. The molecule has 2 atom stereocenters. The average molecular weight is 835 g/mol. The van der Waals surface area contributed by atoms with E-state index >= 15 is 9.59 Å². The molecule has 1 saturated carbocycles. The largest absolute Gasteiger partial charge is 0.497 e. The summed E-state index contributed by atoms with van der Waals surface area (Å²) in [6, 6.07) is 45.8. The van der Waals surface area contributed by atoms with Gasteiger partial charge in [0.15, 0.2) is 0 Å². The van der Waals surface area contributed by atoms with Crippen molar-refractivity contribution in [2.45, 2.75) is 55.4 Å². The lowest BCUT2D eigenvalue weighted by atomic mass is 9.66. The molecule has 4 N–H and O–H groups in total. The fourth-order valence-electron chi connectivity index (χ4n) is 8.50. The summed E-state index contributed by atoms with van der Waals surface area (Å²) in [5, 5.41) is 32.9. The molecule has 0 unspecified atom stereocenters. The molecule has 0 bridgehead atoms. The molecule has 1 aliphatic carbocycles. The zero-order chi connectivity index (χ0) is 43.7. The lowest BCUT2D eigenvalue weighted by molar-refractivity contribution is -0.152. The number of aliphatic hydroxyl groups is 2. The van der Waals surface area contributed by atoms with E-state index < -0.39 is 40.5 Å². The van der Waals surface area contributed by atoms with Crippen molar-refractivity contribution in [1.82, 2.24) is 10.6 Å². The molecule has 0 saturated heterocycles. The zero-order valence-corrected chi connectivity index (χ0v) is 35.5. The Morgan fingerprint density at radius 3 is 0.984 bits per heavy atom. The SMILES string of the molecule is COc1ccc(C(O)(c2ccc(OC)cc2)[C@@H](Cc2ccccc2)NC(=O)C2(C(=O)N[C@H](Cc3ccccc3)C(O)(c3ccc(OC)cc3)c3ccc(OC)cc3)CCC2)cc1. The molecule has 10 nitrogen and oxygen atoms in total. The van der Waals surface area contributed by atoms with E-state index in [2.05, 4.69) is 10.6 Å². The second kappa shape index (κ2) is 19.0. The highest BCUT2D eigenvalue weighted by Crippen LogP contribution is 2.45. The third-order valence-electron chi connectivity index (χ3n) is 12.4. The average Bonchev–Trinajstić information content (AvgIpc) is 3.31. The van der Waals surface area contributed by atoms with Crippen LogP contribution in [0.4, 0.5) is 0 Å². The maximum Gasteiger partial charge on any atom is 0.236 e. The molecule has 6 aromatic carbocycles. The molecule has 1 fully saturated rings. The molecule has 10 heteroatoms. The third kappa shape index (κ3) is 8.75. The van der Waals surface area contributed by atoms with Crippen LogP contribution < -0.4 is 29.6 Å². The summed E-state index contributed by atoms with van der Waals surface area (Å²) in [7, 11) is 6.30. The van der Waals surface area contributed by atoms with Crippen LogP contribution in [0.25, 0.3) is 0 Å². The van der Waals surface area contributed by atoms with Crippen LogP contribution in [-0.2, 0) is 33.6 Å². The maximum absolute atomic E-state index is 15.2. The van der Waals surface area contributed by atoms with Gasteiger partial charge in [0, 0.05) is 0 Å². The van der Waals surface area contributed by atoms with Gasteiger partial charge in [-0.2, -0.15) is 0 Å². The number of rotatable bonds is 18. The van der Waals surface area contributed by atoms with Crippen molar-refractivity contribution in [3.05, 3.63) is 191 Å². The highest BCUT2D eigenvalue weighted by molar-refractivity contribution is 6.06. The number of carbonyl (C=O) groups excluding carboxylic acids is 2. The van der Waals surface area contributed by atoms with Gasteiger partial charge in [-0.25, -0.2) is 0 Å². The molecule has 7 rings (SSSR count). The minimum absolute atomic E-state index is 0.226. The van der Waals surface area contributed by atoms with Crippen LogP contribution in [0.2, 0.25) is 0 Å². The Bertz CT molecular complexity index is 2120. The summed E-state index contributed by atoms with van der Waals surface area (Å²) in [5.74, 6) is 1.39. The van der Waals surface area contributed by atoms with E-state index in [4.69, 9.17) is 18.9 Å². The Morgan fingerprint density at radius 1 is 0.484 bits per heavy atom. The number of hydrogen-bond acceptors (Lipinski definition) is 8. The smallest absolute Gasteiger partial charge is 0.236 e. The van der Waals surface area contributed by atoms with E-state index in [0.29, 0.717) is 51.7 Å². The molecule has 0 heterocycles. The summed E-state index contributed by atoms with van der Waals surface area (Å²) in [5.41, 5.74) is -1.27. The van der Waals surface area contributed by atoms with Crippen molar-refractivity contribution < 1.29 is 38.7 Å². The molecule has 2 amide bonds. The number of hydrogen-bond donors (Lipinski definition) is 4. The predicted octanol–water partition coefficient (Wildman–Crippen LogP) is 7.52. The van der Waals surface area contributed by atoms with Crippen molar-refractivity contribution in [1.29, 1.82) is 0 Å². The van der Waals surface area contributed by atoms with Crippen LogP contribution >= 0.6 is 0 Å². The molecule has 0 aliphatic heterocycles. The Morgan fingerprint density at radius 2 is 0.758 bits per heavy atom. The summed E-state index contributed by atoms with van der Waals surface area (Å²) < 4.78 is 21.8. The lowest BCUT2D eigenvalue weighted by Crippen LogP contribution is -2.63. The van der Waals surface area contributed by atoms with Gasteiger partial charge in [0.25, 0.3) is 0 Å². The number of carbonyl (C=O) groups is 2. The fraction of sp³-hybridized carbons (Fsp3) is 0.269. The second-order valence-corrected chi connectivity index (χ2v) is 15.8. The van der Waals surface area contributed by atoms with Gasteiger partial charge in [-0.3, -0.25) is 9.59 Å². The summed E-state index contributed by atoms with van der Waals surface area (Å²) in [6.07, 6.45) is 1.63. The van der Waals surface area contributed by atoms with Gasteiger partial charge in [0.1, 0.15) is 39.6 Å². The van der Waals surface area contributed by atoms with Gasteiger partial charge < -0.3 is 39.8 Å². The van der Waals surface area contributed by atoms with E-state index in [9.17, 15) is 10.2 Å². The molecule has 6 aromatic rings. The van der Waals surface area contributed by atoms with Crippen LogP contribution in [0.5, 0.6) is 23.0 Å². The van der Waals surface area contributed by atoms with Crippen molar-refractivity contribution in [2.75, 3.05) is 28.4 Å². The van der Waals surface area contributed by atoms with Gasteiger partial charge in [-0.15, -0.1) is 0 Å². The van der Waals surface area contributed by atoms with Gasteiger partial charge in [-0.1, -0.05) is 116 Å². The standard InChI is InChI=1S/C52H54N2O8/c1-59-42-24-16-38(17-25-42)51(57,39-18-26-43(60-2)27-19-39)46(34-36-12-7-5-8-13-36)53-48(55)50(32-11-33-50)49(56)54-47(35-37-14-9-6-10-15-37)52(58,40-20-28-44(61-3)29-21-40)41-22-30-45(62-4)31-23-41/h5-10,12-31,46-47,57-58H,11,32-35H2,1-4H3,(H,53,55)(H,54,56)/t46-,47-/m1/s1. The normalized spacial score (nSPS) is 14.4. The zero-order valence-electron chi connectivity index (χ0n) is 35.5. The van der Waals surface area contributed by atoms with Crippen LogP contribution in [0.3, 0.4) is 0 Å². The Kier molecular flexibility index (Phi) is 13.3. The van der Waals surface area contributed by atoms with Gasteiger partial charge in [0.2, 0.25) is 11.8 Å². The molecule has 0 radical (unpaired) electrons. The highest BCUT2D eigenvalue weighted by atomic mass is 16.5. The highest BCUT2D eigenvalue weighted by Gasteiger charge is 2.54. The number of nitrogens with one attached hydrogen (secondary N) is 2. The number of benzene rings is 6. The Labute approximate surface area is 363 Å². The molecule has 1 aliphatic rings. The minimum Gasteiger partial charge on any atom is -0.497 e. The van der Waals surface area contributed by atoms with Crippen LogP contribution in [0, 0.1) is 5.41 Å². The second-order valence-electron chi connectivity index (χ2n) is 15.8. The summed E-state index contributed by atoms with van der Waals surface area (Å²) in [6.45, 7) is 0. The van der Waals surface area contributed by atoms with E-state index in [1.54, 1.807) is 126 Å². The van der Waals surface area contributed by atoms with Crippen LogP contribution in [-0.4, -0.2) is 62.6 Å². The molecular formula is C52H54N2O8. The van der Waals surface area contributed by atoms with Crippen LogP contribution in [0.1, 0.15) is 52.6 Å². The van der Waals surface area contributed by atoms with E-state index in [1.165, 1.54) is 0 Å². The first-order valence-electron chi connectivity index (χ1n) is 20.8.